The van der Waals surface area contributed by atoms with Crippen LogP contribution in [-0.4, -0.2) is 17.2 Å². The minimum absolute atomic E-state index is 0.452. The SMILES string of the molecule is CCCCC(NC)c1c(C)n[nH]c1C. The molecule has 1 aromatic heterocycles. The topological polar surface area (TPSA) is 40.7 Å². The second-order valence-corrected chi connectivity index (χ2v) is 3.83. The Kier molecular flexibility index (Phi) is 4.14. The van der Waals surface area contributed by atoms with Crippen molar-refractivity contribution >= 4 is 0 Å². The number of unbranched alkanes of at least 4 members (excludes halogenated alkanes) is 1. The Morgan fingerprint density at radius 3 is 2.57 bits per heavy atom. The van der Waals surface area contributed by atoms with E-state index in [4.69, 9.17) is 0 Å². The first-order chi connectivity index (χ1) is 6.70. The summed E-state index contributed by atoms with van der Waals surface area (Å²) in [5, 5.41) is 10.6. The van der Waals surface area contributed by atoms with Crippen LogP contribution in [0.1, 0.15) is 49.2 Å². The highest BCUT2D eigenvalue weighted by Gasteiger charge is 2.15. The van der Waals surface area contributed by atoms with E-state index in [1.165, 1.54) is 30.5 Å². The molecule has 0 aliphatic heterocycles. The summed E-state index contributed by atoms with van der Waals surface area (Å²) >= 11 is 0. The lowest BCUT2D eigenvalue weighted by Crippen LogP contribution is -2.17. The standard InChI is InChI=1S/C11H21N3/c1-5-6-7-10(12-4)11-8(2)13-14-9(11)3/h10,12H,5-7H2,1-4H3,(H,13,14). The second kappa shape index (κ2) is 5.15. The van der Waals surface area contributed by atoms with Gasteiger partial charge >= 0.3 is 0 Å². The lowest BCUT2D eigenvalue weighted by atomic mass is 10.00. The third kappa shape index (κ3) is 2.35. The summed E-state index contributed by atoms with van der Waals surface area (Å²) in [5.74, 6) is 0. The van der Waals surface area contributed by atoms with Crippen LogP contribution in [0.15, 0.2) is 0 Å². The van der Waals surface area contributed by atoms with Crippen LogP contribution in [0.25, 0.3) is 0 Å². The van der Waals surface area contributed by atoms with Crippen molar-refractivity contribution in [2.75, 3.05) is 7.05 Å². The van der Waals surface area contributed by atoms with Gasteiger partial charge in [-0.15, -0.1) is 0 Å². The average Bonchev–Trinajstić information content (AvgIpc) is 2.50. The van der Waals surface area contributed by atoms with Gasteiger partial charge in [-0.1, -0.05) is 19.8 Å². The highest BCUT2D eigenvalue weighted by Crippen LogP contribution is 2.23. The molecule has 14 heavy (non-hydrogen) atoms. The van der Waals surface area contributed by atoms with Crippen molar-refractivity contribution in [1.29, 1.82) is 0 Å². The summed E-state index contributed by atoms with van der Waals surface area (Å²) in [6.07, 6.45) is 3.69. The number of hydrogen-bond acceptors (Lipinski definition) is 2. The molecule has 3 heteroatoms. The molecule has 0 spiro atoms. The molecule has 3 nitrogen and oxygen atoms in total. The first-order valence-electron chi connectivity index (χ1n) is 5.39. The molecule has 0 fully saturated rings. The number of nitrogens with one attached hydrogen (secondary N) is 2. The molecule has 0 aliphatic carbocycles. The van der Waals surface area contributed by atoms with Crippen molar-refractivity contribution in [3.8, 4) is 0 Å². The van der Waals surface area contributed by atoms with Crippen molar-refractivity contribution < 1.29 is 0 Å². The third-order valence-corrected chi connectivity index (χ3v) is 2.73. The summed E-state index contributed by atoms with van der Waals surface area (Å²) < 4.78 is 0. The Hall–Kier alpha value is -0.830. The number of aryl methyl sites for hydroxylation is 2. The number of rotatable bonds is 5. The summed E-state index contributed by atoms with van der Waals surface area (Å²) in [5.41, 5.74) is 3.66. The molecule has 0 aliphatic rings. The maximum absolute atomic E-state index is 4.23. The first-order valence-corrected chi connectivity index (χ1v) is 5.39. The number of hydrogen-bond donors (Lipinski definition) is 2. The molecule has 0 bridgehead atoms. The minimum Gasteiger partial charge on any atom is -0.313 e. The summed E-state index contributed by atoms with van der Waals surface area (Å²) in [6.45, 7) is 6.38. The van der Waals surface area contributed by atoms with Crippen LogP contribution in [0.5, 0.6) is 0 Å². The van der Waals surface area contributed by atoms with Crippen LogP contribution in [0.4, 0.5) is 0 Å². The van der Waals surface area contributed by atoms with Gasteiger partial charge in [0.15, 0.2) is 0 Å². The molecule has 0 radical (unpaired) electrons. The molecule has 80 valence electrons. The smallest absolute Gasteiger partial charge is 0.0641 e. The number of aromatic amines is 1. The van der Waals surface area contributed by atoms with E-state index in [9.17, 15) is 0 Å². The maximum atomic E-state index is 4.23. The van der Waals surface area contributed by atoms with Gasteiger partial charge in [0, 0.05) is 17.3 Å². The molecule has 0 saturated heterocycles. The van der Waals surface area contributed by atoms with Crippen molar-refractivity contribution in [3.05, 3.63) is 17.0 Å². The molecule has 0 aromatic carbocycles. The lowest BCUT2D eigenvalue weighted by Gasteiger charge is -2.16. The van der Waals surface area contributed by atoms with Crippen LogP contribution in [-0.2, 0) is 0 Å². The Bertz CT molecular complexity index is 259. The molecule has 1 aromatic rings. The number of H-pyrrole nitrogens is 1. The van der Waals surface area contributed by atoms with E-state index in [0.29, 0.717) is 6.04 Å². The molecular formula is C11H21N3. The van der Waals surface area contributed by atoms with E-state index in [0.717, 1.165) is 5.69 Å². The van der Waals surface area contributed by atoms with Gasteiger partial charge in [-0.2, -0.15) is 5.10 Å². The van der Waals surface area contributed by atoms with Crippen LogP contribution in [0.2, 0.25) is 0 Å². The highest BCUT2D eigenvalue weighted by molar-refractivity contribution is 5.26. The fourth-order valence-electron chi connectivity index (χ4n) is 1.91. The number of aromatic nitrogens is 2. The lowest BCUT2D eigenvalue weighted by molar-refractivity contribution is 0.519. The predicted octanol–water partition coefficient (Wildman–Crippen LogP) is 2.48. The zero-order valence-corrected chi connectivity index (χ0v) is 9.65. The molecule has 2 N–H and O–H groups in total. The largest absolute Gasteiger partial charge is 0.313 e. The molecule has 1 heterocycles. The maximum Gasteiger partial charge on any atom is 0.0641 e. The quantitative estimate of drug-likeness (QED) is 0.757. The van der Waals surface area contributed by atoms with E-state index in [2.05, 4.69) is 36.3 Å². The van der Waals surface area contributed by atoms with E-state index < -0.39 is 0 Å². The van der Waals surface area contributed by atoms with Crippen LogP contribution >= 0.6 is 0 Å². The van der Waals surface area contributed by atoms with Gasteiger partial charge in [0.25, 0.3) is 0 Å². The molecular weight excluding hydrogens is 174 g/mol. The minimum atomic E-state index is 0.452. The van der Waals surface area contributed by atoms with Crippen molar-refractivity contribution in [2.24, 2.45) is 0 Å². The zero-order valence-electron chi connectivity index (χ0n) is 9.65. The fourth-order valence-corrected chi connectivity index (χ4v) is 1.91. The predicted molar refractivity (Wildman–Crippen MR) is 59.4 cm³/mol. The summed E-state index contributed by atoms with van der Waals surface area (Å²) in [6, 6.07) is 0.452. The van der Waals surface area contributed by atoms with Gasteiger partial charge in [-0.05, 0) is 27.3 Å². The summed E-state index contributed by atoms with van der Waals surface area (Å²) in [7, 11) is 2.02. The second-order valence-electron chi connectivity index (χ2n) is 3.83. The Labute approximate surface area is 86.3 Å². The molecule has 0 amide bonds. The first kappa shape index (κ1) is 11.2. The molecule has 1 rings (SSSR count). The van der Waals surface area contributed by atoms with Crippen molar-refractivity contribution in [3.63, 3.8) is 0 Å². The Balaban J connectivity index is 2.77. The van der Waals surface area contributed by atoms with E-state index in [-0.39, 0.29) is 0 Å². The molecule has 1 unspecified atom stereocenters. The van der Waals surface area contributed by atoms with Crippen LogP contribution in [0.3, 0.4) is 0 Å². The molecule has 1 atom stereocenters. The summed E-state index contributed by atoms with van der Waals surface area (Å²) in [4.78, 5) is 0. The average molecular weight is 195 g/mol. The Morgan fingerprint density at radius 1 is 1.43 bits per heavy atom. The van der Waals surface area contributed by atoms with Gasteiger partial charge in [-0.25, -0.2) is 0 Å². The van der Waals surface area contributed by atoms with Crippen LogP contribution in [0, 0.1) is 13.8 Å². The van der Waals surface area contributed by atoms with Gasteiger partial charge in [-0.3, -0.25) is 5.10 Å². The van der Waals surface area contributed by atoms with Crippen molar-refractivity contribution in [1.82, 2.24) is 15.5 Å². The monoisotopic (exact) mass is 195 g/mol. The van der Waals surface area contributed by atoms with E-state index in [1.807, 2.05) is 7.05 Å². The van der Waals surface area contributed by atoms with Crippen LogP contribution < -0.4 is 5.32 Å². The Morgan fingerprint density at radius 2 is 2.14 bits per heavy atom. The third-order valence-electron chi connectivity index (χ3n) is 2.73. The van der Waals surface area contributed by atoms with Gasteiger partial charge in [0.05, 0.1) is 5.69 Å². The zero-order chi connectivity index (χ0) is 10.6. The molecule has 0 saturated carbocycles. The van der Waals surface area contributed by atoms with Gasteiger partial charge < -0.3 is 5.32 Å². The van der Waals surface area contributed by atoms with E-state index in [1.54, 1.807) is 0 Å². The van der Waals surface area contributed by atoms with E-state index >= 15 is 0 Å². The normalized spacial score (nSPS) is 13.1. The fraction of sp³-hybridized carbons (Fsp3) is 0.727. The van der Waals surface area contributed by atoms with Crippen molar-refractivity contribution in [2.45, 2.75) is 46.1 Å². The van der Waals surface area contributed by atoms with Gasteiger partial charge in [0.1, 0.15) is 0 Å². The van der Waals surface area contributed by atoms with Gasteiger partial charge in [0.2, 0.25) is 0 Å². The number of nitrogens with zero attached hydrogens (tertiary/aromatic N) is 1. The highest BCUT2D eigenvalue weighted by atomic mass is 15.1.